The molecule has 136 valence electrons. The Morgan fingerprint density at radius 3 is 2.63 bits per heavy atom. The molecule has 0 aliphatic rings. The quantitative estimate of drug-likeness (QED) is 0.376. The van der Waals surface area contributed by atoms with E-state index in [1.54, 1.807) is 25.4 Å². The summed E-state index contributed by atoms with van der Waals surface area (Å²) in [5.74, 6) is 1.53. The van der Waals surface area contributed by atoms with Gasteiger partial charge in [0.2, 0.25) is 5.78 Å². The van der Waals surface area contributed by atoms with Crippen LogP contribution in [0.4, 0.5) is 5.82 Å². The second kappa shape index (κ2) is 8.27. The maximum absolute atomic E-state index is 12.3. The van der Waals surface area contributed by atoms with Crippen molar-refractivity contribution in [2.45, 2.75) is 0 Å². The minimum absolute atomic E-state index is 0.140. The van der Waals surface area contributed by atoms with Crippen LogP contribution in [0.2, 0.25) is 0 Å². The number of aromatic nitrogens is 2. The van der Waals surface area contributed by atoms with Crippen molar-refractivity contribution in [1.29, 1.82) is 0 Å². The van der Waals surface area contributed by atoms with Crippen LogP contribution in [0.3, 0.4) is 0 Å². The van der Waals surface area contributed by atoms with Crippen LogP contribution in [-0.4, -0.2) is 37.0 Å². The van der Waals surface area contributed by atoms with Crippen molar-refractivity contribution in [3.63, 3.8) is 0 Å². The predicted octanol–water partition coefficient (Wildman–Crippen LogP) is 4.16. The molecule has 3 aromatic rings. The van der Waals surface area contributed by atoms with Crippen molar-refractivity contribution < 1.29 is 9.53 Å². The third kappa shape index (κ3) is 4.58. The number of fused-ring (bicyclic) bond motifs is 1. The van der Waals surface area contributed by atoms with Gasteiger partial charge in [-0.15, -0.1) is 0 Å². The van der Waals surface area contributed by atoms with Gasteiger partial charge in [-0.2, -0.15) is 0 Å². The van der Waals surface area contributed by atoms with Crippen LogP contribution in [0.1, 0.15) is 16.1 Å². The zero-order valence-electron chi connectivity index (χ0n) is 15.6. The molecule has 0 unspecified atom stereocenters. The van der Waals surface area contributed by atoms with E-state index in [9.17, 15) is 4.79 Å². The summed E-state index contributed by atoms with van der Waals surface area (Å²) in [7, 11) is 5.52. The summed E-state index contributed by atoms with van der Waals surface area (Å²) >= 11 is 0. The minimum Gasteiger partial charge on any atom is -0.497 e. The number of pyridine rings is 2. The largest absolute Gasteiger partial charge is 0.497 e. The maximum Gasteiger partial charge on any atom is 0.204 e. The summed E-state index contributed by atoms with van der Waals surface area (Å²) in [6, 6.07) is 13.1. The van der Waals surface area contributed by atoms with Gasteiger partial charge in [0.25, 0.3) is 0 Å². The Bertz CT molecular complexity index is 1010. The zero-order chi connectivity index (χ0) is 19.2. The highest BCUT2D eigenvalue weighted by molar-refractivity contribution is 6.04. The van der Waals surface area contributed by atoms with E-state index in [1.165, 1.54) is 6.08 Å². The first-order chi connectivity index (χ1) is 13.1. The molecule has 5 heteroatoms. The fourth-order valence-corrected chi connectivity index (χ4v) is 2.52. The number of rotatable bonds is 6. The SMILES string of the molecule is COc1ccc2nc(C(=O)C=CC=Cc3ccc(N(C)C)nc3)ccc2c1. The van der Waals surface area contributed by atoms with Crippen molar-refractivity contribution >= 4 is 28.6 Å². The summed E-state index contributed by atoms with van der Waals surface area (Å²) in [4.78, 5) is 23.0. The van der Waals surface area contributed by atoms with Crippen molar-refractivity contribution in [2.75, 3.05) is 26.1 Å². The number of methoxy groups -OCH3 is 1. The number of anilines is 1. The van der Waals surface area contributed by atoms with Crippen molar-refractivity contribution in [1.82, 2.24) is 9.97 Å². The molecule has 0 N–H and O–H groups in total. The van der Waals surface area contributed by atoms with Crippen LogP contribution in [0.5, 0.6) is 5.75 Å². The van der Waals surface area contributed by atoms with E-state index in [2.05, 4.69) is 9.97 Å². The van der Waals surface area contributed by atoms with Crippen LogP contribution in [-0.2, 0) is 0 Å². The van der Waals surface area contributed by atoms with E-state index >= 15 is 0 Å². The second-order valence-corrected chi connectivity index (χ2v) is 6.18. The molecule has 1 aromatic carbocycles. The molecule has 0 aliphatic heterocycles. The number of nitrogens with zero attached hydrogens (tertiary/aromatic N) is 3. The lowest BCUT2D eigenvalue weighted by Crippen LogP contribution is -2.09. The molecule has 27 heavy (non-hydrogen) atoms. The third-order valence-corrected chi connectivity index (χ3v) is 4.03. The van der Waals surface area contributed by atoms with E-state index in [-0.39, 0.29) is 5.78 Å². The standard InChI is InChI=1S/C22H21N3O2/c1-25(2)22-13-8-16(15-23-22)6-4-5-7-21(26)20-11-9-17-14-18(27-3)10-12-19(17)24-20/h4-15H,1-3H3. The molecule has 0 amide bonds. The highest BCUT2D eigenvalue weighted by atomic mass is 16.5. The van der Waals surface area contributed by atoms with Gasteiger partial charge in [0.05, 0.1) is 12.6 Å². The van der Waals surface area contributed by atoms with Gasteiger partial charge in [-0.05, 0) is 48.0 Å². The van der Waals surface area contributed by atoms with Crippen molar-refractivity contribution in [3.8, 4) is 5.75 Å². The van der Waals surface area contributed by atoms with Crippen molar-refractivity contribution in [2.24, 2.45) is 0 Å². The Balaban J connectivity index is 1.68. The fraction of sp³-hybridized carbons (Fsp3) is 0.136. The molecule has 0 spiro atoms. The highest BCUT2D eigenvalue weighted by Crippen LogP contribution is 2.19. The fourth-order valence-electron chi connectivity index (χ4n) is 2.52. The Morgan fingerprint density at radius 2 is 1.93 bits per heavy atom. The smallest absolute Gasteiger partial charge is 0.204 e. The number of hydrogen-bond donors (Lipinski definition) is 0. The lowest BCUT2D eigenvalue weighted by Gasteiger charge is -2.10. The lowest BCUT2D eigenvalue weighted by molar-refractivity contribution is 0.104. The average Bonchev–Trinajstić information content (AvgIpc) is 2.70. The van der Waals surface area contributed by atoms with Gasteiger partial charge in [-0.3, -0.25) is 4.79 Å². The second-order valence-electron chi connectivity index (χ2n) is 6.18. The first-order valence-corrected chi connectivity index (χ1v) is 8.54. The van der Waals surface area contributed by atoms with E-state index in [0.29, 0.717) is 5.69 Å². The van der Waals surface area contributed by atoms with Gasteiger partial charge in [-0.25, -0.2) is 9.97 Å². The molecule has 0 atom stereocenters. The number of benzene rings is 1. The third-order valence-electron chi connectivity index (χ3n) is 4.03. The minimum atomic E-state index is -0.140. The zero-order valence-corrected chi connectivity index (χ0v) is 15.6. The summed E-state index contributed by atoms with van der Waals surface area (Å²) in [5, 5.41) is 0.934. The first-order valence-electron chi connectivity index (χ1n) is 8.54. The van der Waals surface area contributed by atoms with Crippen molar-refractivity contribution in [3.05, 3.63) is 78.1 Å². The predicted molar refractivity (Wildman–Crippen MR) is 109 cm³/mol. The van der Waals surface area contributed by atoms with Gasteiger partial charge in [0.15, 0.2) is 0 Å². The molecular formula is C22H21N3O2. The summed E-state index contributed by atoms with van der Waals surface area (Å²) in [5.41, 5.74) is 2.14. The van der Waals surface area contributed by atoms with Crippen LogP contribution in [0.15, 0.2) is 66.9 Å². The molecule has 0 bridgehead atoms. The monoisotopic (exact) mass is 359 g/mol. The van der Waals surface area contributed by atoms with E-state index in [0.717, 1.165) is 28.0 Å². The molecule has 0 radical (unpaired) electrons. The molecule has 2 aromatic heterocycles. The summed E-state index contributed by atoms with van der Waals surface area (Å²) in [6.07, 6.45) is 8.73. The summed E-state index contributed by atoms with van der Waals surface area (Å²) in [6.45, 7) is 0. The van der Waals surface area contributed by atoms with Gasteiger partial charge < -0.3 is 9.64 Å². The van der Waals surface area contributed by atoms with E-state index in [1.807, 2.05) is 67.5 Å². The lowest BCUT2D eigenvalue weighted by atomic mass is 10.1. The Kier molecular flexibility index (Phi) is 5.61. The molecule has 0 fully saturated rings. The van der Waals surface area contributed by atoms with Crippen LogP contribution < -0.4 is 9.64 Å². The Morgan fingerprint density at radius 1 is 1.07 bits per heavy atom. The number of carbonyl (C=O) groups excluding carboxylic acids is 1. The molecule has 5 nitrogen and oxygen atoms in total. The number of ether oxygens (including phenoxy) is 1. The van der Waals surface area contributed by atoms with Gasteiger partial charge in [-0.1, -0.05) is 24.3 Å². The average molecular weight is 359 g/mol. The van der Waals surface area contributed by atoms with Gasteiger partial charge >= 0.3 is 0 Å². The van der Waals surface area contributed by atoms with Crippen LogP contribution in [0, 0.1) is 0 Å². The topological polar surface area (TPSA) is 55.3 Å². The Hall–Kier alpha value is -3.47. The number of hydrogen-bond acceptors (Lipinski definition) is 5. The molecule has 2 heterocycles. The summed E-state index contributed by atoms with van der Waals surface area (Å²) < 4.78 is 5.20. The molecule has 0 saturated heterocycles. The van der Waals surface area contributed by atoms with Gasteiger partial charge in [0.1, 0.15) is 17.3 Å². The molecule has 0 saturated carbocycles. The molecular weight excluding hydrogens is 338 g/mol. The first kappa shape index (κ1) is 18.3. The van der Waals surface area contributed by atoms with Gasteiger partial charge in [0, 0.05) is 25.7 Å². The molecule has 3 rings (SSSR count). The Labute approximate surface area is 158 Å². The van der Waals surface area contributed by atoms with Crippen LogP contribution in [0.25, 0.3) is 17.0 Å². The van der Waals surface area contributed by atoms with E-state index < -0.39 is 0 Å². The number of allylic oxidation sites excluding steroid dienone is 3. The van der Waals surface area contributed by atoms with Crippen LogP contribution >= 0.6 is 0 Å². The maximum atomic E-state index is 12.3. The number of ketones is 1. The highest BCUT2D eigenvalue weighted by Gasteiger charge is 2.05. The van der Waals surface area contributed by atoms with E-state index in [4.69, 9.17) is 4.74 Å². The normalized spacial score (nSPS) is 11.4. The molecule has 0 aliphatic carbocycles. The number of carbonyl (C=O) groups is 1.